The quantitative estimate of drug-likeness (QED) is 0.291. The second-order valence-electron chi connectivity index (χ2n) is 7.37. The molecule has 0 radical (unpaired) electrons. The number of nitrogens with one attached hydrogen (secondary N) is 3. The molecule has 3 aromatic rings. The van der Waals surface area contributed by atoms with Crippen molar-refractivity contribution >= 4 is 41.1 Å². The Morgan fingerprint density at radius 3 is 2.55 bits per heavy atom. The molecule has 164 valence electrons. The van der Waals surface area contributed by atoms with Crippen molar-refractivity contribution in [2.45, 2.75) is 24.4 Å². The van der Waals surface area contributed by atoms with Gasteiger partial charge >= 0.3 is 0 Å². The largest absolute Gasteiger partial charge is 0.356 e. The van der Waals surface area contributed by atoms with Gasteiger partial charge in [0.1, 0.15) is 23.8 Å². The first-order valence-electron chi connectivity index (χ1n) is 9.63. The van der Waals surface area contributed by atoms with Crippen molar-refractivity contribution in [2.24, 2.45) is 5.73 Å². The number of rotatable bonds is 5. The first-order chi connectivity index (χ1) is 14.5. The molecular weight excluding hydrogens is 422 g/mol. The number of nitrogens with zero attached hydrogens (tertiary/aromatic N) is 3. The second-order valence-corrected chi connectivity index (χ2v) is 7.37. The molecule has 1 unspecified atom stereocenters. The van der Waals surface area contributed by atoms with E-state index in [0.717, 1.165) is 16.9 Å². The molecule has 6 N–H and O–H groups in total. The topological polar surface area (TPSA) is 149 Å². The molecule has 1 aliphatic rings. The Kier molecular flexibility index (Phi) is 6.74. The normalized spacial score (nSPS) is 16.3. The Morgan fingerprint density at radius 2 is 1.87 bits per heavy atom. The van der Waals surface area contributed by atoms with E-state index in [9.17, 15) is 9.59 Å². The predicted octanol–water partition coefficient (Wildman–Crippen LogP) is 1.04. The van der Waals surface area contributed by atoms with E-state index >= 15 is 0 Å². The van der Waals surface area contributed by atoms with Gasteiger partial charge in [0.25, 0.3) is 5.91 Å². The van der Waals surface area contributed by atoms with Crippen LogP contribution in [0.4, 0.5) is 5.82 Å². The molecule has 2 amide bonds. The molecule has 1 atom stereocenters. The number of aromatic nitrogens is 3. The Labute approximate surface area is 184 Å². The molecular formula is C20H24ClN7O3. The fourth-order valence-corrected chi connectivity index (χ4v) is 3.74. The summed E-state index contributed by atoms with van der Waals surface area (Å²) < 4.78 is 0. The summed E-state index contributed by atoms with van der Waals surface area (Å²) in [5.74, 6) is -0.369. The first kappa shape index (κ1) is 22.5. The number of nitrogens with two attached hydrogens (primary N) is 1. The zero-order valence-electron chi connectivity index (χ0n) is 16.6. The van der Waals surface area contributed by atoms with E-state index in [2.05, 4.69) is 25.2 Å². The van der Waals surface area contributed by atoms with Crippen LogP contribution in [0.3, 0.4) is 0 Å². The number of aromatic amines is 1. The Balaban J connectivity index is 0.00000272. The lowest BCUT2D eigenvalue weighted by atomic mass is 9.87. The summed E-state index contributed by atoms with van der Waals surface area (Å²) in [6.45, 7) is 1.06. The monoisotopic (exact) mass is 445 g/mol. The number of carbonyl (C=O) groups is 2. The van der Waals surface area contributed by atoms with Gasteiger partial charge in [-0.05, 0) is 24.5 Å². The van der Waals surface area contributed by atoms with Crippen molar-refractivity contribution in [1.82, 2.24) is 25.7 Å². The number of H-pyrrole nitrogens is 1. The van der Waals surface area contributed by atoms with Crippen LogP contribution in [-0.2, 0) is 9.59 Å². The average Bonchev–Trinajstić information content (AvgIpc) is 3.27. The van der Waals surface area contributed by atoms with Gasteiger partial charge in [-0.15, -0.1) is 12.4 Å². The molecule has 0 spiro atoms. The molecule has 1 saturated heterocycles. The zero-order chi connectivity index (χ0) is 21.1. The third-order valence-electron chi connectivity index (χ3n) is 5.52. The zero-order valence-corrected chi connectivity index (χ0v) is 17.4. The number of anilines is 1. The van der Waals surface area contributed by atoms with Crippen LogP contribution in [0.2, 0.25) is 0 Å². The van der Waals surface area contributed by atoms with Gasteiger partial charge in [-0.2, -0.15) is 0 Å². The first-order valence-corrected chi connectivity index (χ1v) is 9.63. The lowest BCUT2D eigenvalue weighted by Crippen LogP contribution is -2.61. The summed E-state index contributed by atoms with van der Waals surface area (Å²) in [7, 11) is 0. The molecule has 31 heavy (non-hydrogen) atoms. The fourth-order valence-electron chi connectivity index (χ4n) is 3.74. The summed E-state index contributed by atoms with van der Waals surface area (Å²) in [6.07, 6.45) is 4.08. The Morgan fingerprint density at radius 1 is 1.16 bits per heavy atom. The maximum Gasteiger partial charge on any atom is 0.270 e. The maximum atomic E-state index is 13.0. The van der Waals surface area contributed by atoms with Gasteiger partial charge in [0.2, 0.25) is 5.91 Å². The molecule has 0 aliphatic carbocycles. The van der Waals surface area contributed by atoms with Crippen molar-refractivity contribution in [3.63, 3.8) is 0 Å². The van der Waals surface area contributed by atoms with Crippen molar-refractivity contribution in [1.29, 1.82) is 0 Å². The van der Waals surface area contributed by atoms with E-state index in [4.69, 9.17) is 10.9 Å². The summed E-state index contributed by atoms with van der Waals surface area (Å²) in [5.41, 5.74) is 8.21. The molecule has 11 heteroatoms. The average molecular weight is 446 g/mol. The third kappa shape index (κ3) is 4.46. The number of hydrogen-bond donors (Lipinski definition) is 5. The van der Waals surface area contributed by atoms with Crippen LogP contribution < -0.4 is 21.4 Å². The number of amides is 2. The van der Waals surface area contributed by atoms with Gasteiger partial charge in [-0.1, -0.05) is 30.3 Å². The molecule has 1 aliphatic heterocycles. The van der Waals surface area contributed by atoms with Gasteiger partial charge < -0.3 is 20.9 Å². The van der Waals surface area contributed by atoms with E-state index in [0.29, 0.717) is 31.5 Å². The lowest BCUT2D eigenvalue weighted by molar-refractivity contribution is -0.136. The molecule has 2 aromatic heterocycles. The highest BCUT2D eigenvalue weighted by molar-refractivity contribution is 5.93. The van der Waals surface area contributed by atoms with E-state index in [1.165, 1.54) is 6.33 Å². The summed E-state index contributed by atoms with van der Waals surface area (Å²) >= 11 is 0. The van der Waals surface area contributed by atoms with Crippen LogP contribution in [0.15, 0.2) is 48.9 Å². The molecule has 10 nitrogen and oxygen atoms in total. The van der Waals surface area contributed by atoms with E-state index in [-0.39, 0.29) is 12.4 Å². The SMILES string of the molecule is Cl.NC1(C(=O)NC(C(=O)NO)c2ccccc2)CCN(c2ncnc3[nH]ccc23)CC1. The highest BCUT2D eigenvalue weighted by Crippen LogP contribution is 2.28. The van der Waals surface area contributed by atoms with Crippen molar-refractivity contribution in [2.75, 3.05) is 18.0 Å². The van der Waals surface area contributed by atoms with E-state index < -0.39 is 23.4 Å². The van der Waals surface area contributed by atoms with Crippen molar-refractivity contribution in [3.8, 4) is 0 Å². The summed E-state index contributed by atoms with van der Waals surface area (Å²) in [5, 5.41) is 12.7. The smallest absolute Gasteiger partial charge is 0.270 e. The van der Waals surface area contributed by atoms with Crippen molar-refractivity contribution in [3.05, 3.63) is 54.5 Å². The van der Waals surface area contributed by atoms with E-state index in [1.54, 1.807) is 35.8 Å². The highest BCUT2D eigenvalue weighted by Gasteiger charge is 2.40. The van der Waals surface area contributed by atoms with Gasteiger partial charge in [0.15, 0.2) is 0 Å². The highest BCUT2D eigenvalue weighted by atomic mass is 35.5. The molecule has 1 aromatic carbocycles. The summed E-state index contributed by atoms with van der Waals surface area (Å²) in [6, 6.07) is 9.57. The predicted molar refractivity (Wildman–Crippen MR) is 117 cm³/mol. The number of carbonyl (C=O) groups excluding carboxylic acids is 2. The van der Waals surface area contributed by atoms with Gasteiger partial charge in [0.05, 0.1) is 10.9 Å². The lowest BCUT2D eigenvalue weighted by Gasteiger charge is -2.39. The molecule has 1 fully saturated rings. The van der Waals surface area contributed by atoms with E-state index in [1.807, 2.05) is 12.3 Å². The van der Waals surface area contributed by atoms with Crippen LogP contribution in [0.5, 0.6) is 0 Å². The van der Waals surface area contributed by atoms with Crippen LogP contribution in [0, 0.1) is 0 Å². The minimum Gasteiger partial charge on any atom is -0.356 e. The van der Waals surface area contributed by atoms with Crippen LogP contribution in [-0.4, -0.2) is 50.6 Å². The number of fused-ring (bicyclic) bond motifs is 1. The number of halogens is 1. The molecule has 0 saturated carbocycles. The number of benzene rings is 1. The van der Waals surface area contributed by atoms with Crippen molar-refractivity contribution < 1.29 is 14.8 Å². The van der Waals surface area contributed by atoms with Gasteiger partial charge in [-0.3, -0.25) is 14.8 Å². The molecule has 3 heterocycles. The summed E-state index contributed by atoms with van der Waals surface area (Å²) in [4.78, 5) is 38.8. The van der Waals surface area contributed by atoms with Crippen LogP contribution >= 0.6 is 12.4 Å². The van der Waals surface area contributed by atoms with Gasteiger partial charge in [0, 0.05) is 19.3 Å². The Hall–Kier alpha value is -3.21. The van der Waals surface area contributed by atoms with Crippen LogP contribution in [0.1, 0.15) is 24.4 Å². The number of hydrogen-bond acceptors (Lipinski definition) is 7. The number of piperidine rings is 1. The maximum absolute atomic E-state index is 13.0. The standard InChI is InChI=1S/C20H23N7O3.ClH/c21-20(19(29)25-15(18(28)26-30)13-4-2-1-3-5-13)7-10-27(11-8-20)17-14-6-9-22-16(14)23-12-24-17;/h1-6,9,12,15,30H,7-8,10-11,21H2,(H,25,29)(H,26,28)(H,22,23,24);1H. The van der Waals surface area contributed by atoms with Gasteiger partial charge in [-0.25, -0.2) is 15.4 Å². The second kappa shape index (κ2) is 9.29. The van der Waals surface area contributed by atoms with Crippen LogP contribution in [0.25, 0.3) is 11.0 Å². The fraction of sp³-hybridized carbons (Fsp3) is 0.300. The minimum absolute atomic E-state index is 0. The molecule has 0 bridgehead atoms. The Bertz CT molecular complexity index is 1050. The minimum atomic E-state index is -1.14. The molecule has 4 rings (SSSR count). The third-order valence-corrected chi connectivity index (χ3v) is 5.52. The number of hydroxylamine groups is 1.